The number of imidazole rings is 1. The van der Waals surface area contributed by atoms with Crippen LogP contribution in [0.4, 0.5) is 0 Å². The Morgan fingerprint density at radius 1 is 1.57 bits per heavy atom. The zero-order valence-corrected chi connectivity index (χ0v) is 13.7. The number of aryl methyl sites for hydroxylation is 2. The molecular formula is C13H18N4O2S2. The molecule has 0 aromatic carbocycles. The first kappa shape index (κ1) is 14.8. The Kier molecular flexibility index (Phi) is 4.17. The van der Waals surface area contributed by atoms with Crippen molar-refractivity contribution in [3.8, 4) is 0 Å². The van der Waals surface area contributed by atoms with E-state index in [4.69, 9.17) is 5.11 Å². The molecule has 1 aliphatic heterocycles. The molecule has 2 aromatic heterocycles. The summed E-state index contributed by atoms with van der Waals surface area (Å²) in [5.74, 6) is 0.432. The number of nitrogens with zero attached hydrogens (tertiary/aromatic N) is 4. The summed E-state index contributed by atoms with van der Waals surface area (Å²) in [6.07, 6.45) is 2.47. The van der Waals surface area contributed by atoms with E-state index in [-0.39, 0.29) is 5.75 Å². The summed E-state index contributed by atoms with van der Waals surface area (Å²) in [5, 5.41) is 14.7. The van der Waals surface area contributed by atoms with E-state index in [0.717, 1.165) is 28.6 Å². The molecule has 1 unspecified atom stereocenters. The fraction of sp³-hybridized carbons (Fsp3) is 0.615. The van der Waals surface area contributed by atoms with Crippen molar-refractivity contribution in [1.29, 1.82) is 0 Å². The van der Waals surface area contributed by atoms with Crippen molar-refractivity contribution < 1.29 is 9.90 Å². The number of carboxylic acid groups (broad SMARTS) is 1. The molecule has 3 heterocycles. The van der Waals surface area contributed by atoms with E-state index in [9.17, 15) is 4.79 Å². The number of carboxylic acids is 1. The number of rotatable bonds is 5. The van der Waals surface area contributed by atoms with Gasteiger partial charge < -0.3 is 9.67 Å². The van der Waals surface area contributed by atoms with Crippen LogP contribution in [0.3, 0.4) is 0 Å². The van der Waals surface area contributed by atoms with Crippen molar-refractivity contribution in [3.05, 3.63) is 5.69 Å². The Balaban J connectivity index is 1.98. The lowest BCUT2D eigenvalue weighted by atomic mass is 10.2. The van der Waals surface area contributed by atoms with Crippen LogP contribution in [-0.4, -0.2) is 47.2 Å². The fourth-order valence-corrected chi connectivity index (χ4v) is 4.69. The molecule has 0 spiro atoms. The van der Waals surface area contributed by atoms with Gasteiger partial charge in [0.15, 0.2) is 10.8 Å². The van der Waals surface area contributed by atoms with Crippen molar-refractivity contribution >= 4 is 40.7 Å². The Morgan fingerprint density at radius 2 is 2.38 bits per heavy atom. The second-order valence-corrected chi connectivity index (χ2v) is 7.55. The van der Waals surface area contributed by atoms with Crippen LogP contribution in [0.25, 0.3) is 11.2 Å². The number of thioether (sulfide) groups is 2. The van der Waals surface area contributed by atoms with E-state index in [2.05, 4.69) is 14.6 Å². The second kappa shape index (κ2) is 5.92. The summed E-state index contributed by atoms with van der Waals surface area (Å²) in [6, 6.07) is 0. The van der Waals surface area contributed by atoms with Crippen molar-refractivity contribution in [2.24, 2.45) is 7.05 Å². The third-order valence-electron chi connectivity index (χ3n) is 3.59. The third-order valence-corrected chi connectivity index (χ3v) is 5.93. The lowest BCUT2D eigenvalue weighted by Crippen LogP contribution is -2.13. The largest absolute Gasteiger partial charge is 0.481 e. The molecule has 0 saturated carbocycles. The second-order valence-electron chi connectivity index (χ2n) is 5.20. The summed E-state index contributed by atoms with van der Waals surface area (Å²) in [5.41, 5.74) is 2.77. The van der Waals surface area contributed by atoms with Gasteiger partial charge in [0.25, 0.3) is 0 Å². The maximum Gasteiger partial charge on any atom is 0.313 e. The Hall–Kier alpha value is -1.15. The van der Waals surface area contributed by atoms with E-state index < -0.39 is 5.97 Å². The van der Waals surface area contributed by atoms with Gasteiger partial charge in [-0.1, -0.05) is 11.8 Å². The number of fused-ring (bicyclic) bond motifs is 1. The first-order valence-electron chi connectivity index (χ1n) is 6.92. The summed E-state index contributed by atoms with van der Waals surface area (Å²) >= 11 is 3.28. The van der Waals surface area contributed by atoms with Crippen LogP contribution in [-0.2, 0) is 18.4 Å². The molecule has 3 rings (SSSR count). The van der Waals surface area contributed by atoms with Crippen LogP contribution in [0, 0.1) is 6.92 Å². The van der Waals surface area contributed by atoms with Crippen LogP contribution in [0.5, 0.6) is 0 Å². The minimum Gasteiger partial charge on any atom is -0.481 e. The number of aliphatic carboxylic acids is 1. The van der Waals surface area contributed by atoms with Gasteiger partial charge in [-0.15, -0.1) is 0 Å². The Labute approximate surface area is 131 Å². The summed E-state index contributed by atoms with van der Waals surface area (Å²) in [6.45, 7) is 2.82. The van der Waals surface area contributed by atoms with Crippen molar-refractivity contribution in [2.45, 2.75) is 36.7 Å². The van der Waals surface area contributed by atoms with Crippen LogP contribution in [0.1, 0.15) is 18.5 Å². The Bertz CT molecular complexity index is 673. The van der Waals surface area contributed by atoms with Crippen LogP contribution in [0.15, 0.2) is 5.16 Å². The van der Waals surface area contributed by atoms with Gasteiger partial charge in [0.1, 0.15) is 5.52 Å². The maximum absolute atomic E-state index is 10.8. The molecule has 0 aliphatic carbocycles. The highest BCUT2D eigenvalue weighted by atomic mass is 32.2. The highest BCUT2D eigenvalue weighted by Gasteiger charge is 2.23. The van der Waals surface area contributed by atoms with Gasteiger partial charge in [-0.05, 0) is 25.5 Å². The number of carbonyl (C=O) groups is 1. The molecule has 1 saturated heterocycles. The Morgan fingerprint density at radius 3 is 3.05 bits per heavy atom. The van der Waals surface area contributed by atoms with E-state index in [1.165, 1.54) is 30.4 Å². The normalized spacial score (nSPS) is 18.7. The minimum absolute atomic E-state index is 0.0353. The standard InChI is InChI=1S/C13H18N4O2S2/c1-8-11-12(16(2)15-8)17(6-9-4-3-5-20-9)13(14-11)21-7-10(18)19/h9H,3-7H2,1-2H3,(H,18,19). The van der Waals surface area contributed by atoms with E-state index in [1.54, 1.807) is 0 Å². The average molecular weight is 326 g/mol. The lowest BCUT2D eigenvalue weighted by Gasteiger charge is -2.13. The number of hydrogen-bond donors (Lipinski definition) is 1. The molecule has 2 aromatic rings. The molecule has 0 amide bonds. The van der Waals surface area contributed by atoms with Crippen molar-refractivity contribution in [3.63, 3.8) is 0 Å². The van der Waals surface area contributed by atoms with Crippen LogP contribution >= 0.6 is 23.5 Å². The molecule has 114 valence electrons. The molecular weight excluding hydrogens is 308 g/mol. The SMILES string of the molecule is Cc1nn(C)c2c1nc(SCC(=O)O)n2CC1CCCS1. The van der Waals surface area contributed by atoms with Gasteiger partial charge in [-0.25, -0.2) is 4.98 Å². The van der Waals surface area contributed by atoms with Gasteiger partial charge in [0, 0.05) is 18.8 Å². The monoisotopic (exact) mass is 326 g/mol. The molecule has 21 heavy (non-hydrogen) atoms. The van der Waals surface area contributed by atoms with Gasteiger partial charge in [0.2, 0.25) is 0 Å². The van der Waals surface area contributed by atoms with Crippen molar-refractivity contribution in [1.82, 2.24) is 19.3 Å². The molecule has 1 fully saturated rings. The molecule has 1 atom stereocenters. The summed E-state index contributed by atoms with van der Waals surface area (Å²) < 4.78 is 3.99. The minimum atomic E-state index is -0.816. The number of aromatic nitrogens is 4. The first-order chi connectivity index (χ1) is 10.1. The zero-order valence-electron chi connectivity index (χ0n) is 12.1. The van der Waals surface area contributed by atoms with Gasteiger partial charge >= 0.3 is 5.97 Å². The van der Waals surface area contributed by atoms with Gasteiger partial charge in [-0.2, -0.15) is 16.9 Å². The summed E-state index contributed by atoms with van der Waals surface area (Å²) in [4.78, 5) is 15.5. The topological polar surface area (TPSA) is 72.9 Å². The molecule has 6 nitrogen and oxygen atoms in total. The predicted octanol–water partition coefficient (Wildman–Crippen LogP) is 2.15. The summed E-state index contributed by atoms with van der Waals surface area (Å²) in [7, 11) is 1.92. The first-order valence-corrected chi connectivity index (χ1v) is 8.95. The van der Waals surface area contributed by atoms with Crippen LogP contribution in [0.2, 0.25) is 0 Å². The van der Waals surface area contributed by atoms with Gasteiger partial charge in [0.05, 0.1) is 11.4 Å². The quantitative estimate of drug-likeness (QED) is 0.849. The van der Waals surface area contributed by atoms with Crippen LogP contribution < -0.4 is 0 Å². The maximum atomic E-state index is 10.8. The van der Waals surface area contributed by atoms with Gasteiger partial charge in [-0.3, -0.25) is 9.48 Å². The molecule has 8 heteroatoms. The molecule has 1 aliphatic rings. The third kappa shape index (κ3) is 2.91. The van der Waals surface area contributed by atoms with E-state index in [0.29, 0.717) is 5.25 Å². The zero-order chi connectivity index (χ0) is 15.0. The lowest BCUT2D eigenvalue weighted by molar-refractivity contribution is -0.133. The fourth-order valence-electron chi connectivity index (χ4n) is 2.71. The predicted molar refractivity (Wildman–Crippen MR) is 85.1 cm³/mol. The highest BCUT2D eigenvalue weighted by molar-refractivity contribution is 8.00. The van der Waals surface area contributed by atoms with E-state index in [1.807, 2.05) is 30.4 Å². The van der Waals surface area contributed by atoms with E-state index >= 15 is 0 Å². The molecule has 0 bridgehead atoms. The van der Waals surface area contributed by atoms with Crippen molar-refractivity contribution in [2.75, 3.05) is 11.5 Å². The average Bonchev–Trinajstić information content (AvgIpc) is 3.09. The number of hydrogen-bond acceptors (Lipinski definition) is 5. The molecule has 0 radical (unpaired) electrons. The molecule has 1 N–H and O–H groups in total. The smallest absolute Gasteiger partial charge is 0.313 e. The highest BCUT2D eigenvalue weighted by Crippen LogP contribution is 2.32.